The summed E-state index contributed by atoms with van der Waals surface area (Å²) in [5.74, 6) is -0.254. The Morgan fingerprint density at radius 3 is 2.48 bits per heavy atom. The number of alkyl carbamates (subject to hydrolysis) is 1. The monoisotopic (exact) mass is 462 g/mol. The number of rotatable bonds is 7. The van der Waals surface area contributed by atoms with Crippen molar-refractivity contribution in [3.8, 4) is 0 Å². The summed E-state index contributed by atoms with van der Waals surface area (Å²) in [5.41, 5.74) is 1.54. The van der Waals surface area contributed by atoms with E-state index in [1.165, 1.54) is 0 Å². The predicted molar refractivity (Wildman–Crippen MR) is 117 cm³/mol. The van der Waals surface area contributed by atoms with Gasteiger partial charge in [-0.15, -0.1) is 0 Å². The maximum Gasteiger partial charge on any atom is 0.407 e. The largest absolute Gasteiger partial charge is 0.444 e. The number of carbonyl (C=O) groups is 2. The molecular weight excluding hydrogens is 436 g/mol. The van der Waals surface area contributed by atoms with Gasteiger partial charge in [-0.25, -0.2) is 4.79 Å². The van der Waals surface area contributed by atoms with Gasteiger partial charge < -0.3 is 20.7 Å². The first-order chi connectivity index (χ1) is 13.6. The van der Waals surface area contributed by atoms with Crippen LogP contribution >= 0.6 is 15.9 Å². The van der Waals surface area contributed by atoms with Gasteiger partial charge in [0, 0.05) is 29.4 Å². The Kier molecular flexibility index (Phi) is 8.01. The Balaban J connectivity index is 1.84. The summed E-state index contributed by atoms with van der Waals surface area (Å²) in [6.45, 7) is 8.23. The highest BCUT2D eigenvalue weighted by Gasteiger charge is 2.15. The number of hydrogen-bond acceptors (Lipinski definition) is 5. The van der Waals surface area contributed by atoms with E-state index >= 15 is 0 Å². The van der Waals surface area contributed by atoms with Gasteiger partial charge in [0.25, 0.3) is 5.91 Å². The Hall–Kier alpha value is -2.61. The minimum absolute atomic E-state index is 0.146. The van der Waals surface area contributed by atoms with Crippen molar-refractivity contribution in [1.82, 2.24) is 15.6 Å². The van der Waals surface area contributed by atoms with Crippen LogP contribution in [0.1, 0.15) is 49.8 Å². The van der Waals surface area contributed by atoms with Gasteiger partial charge >= 0.3 is 6.09 Å². The third-order valence-corrected chi connectivity index (χ3v) is 4.36. The normalized spacial score (nSPS) is 12.0. The van der Waals surface area contributed by atoms with Crippen molar-refractivity contribution in [3.05, 3.63) is 58.3 Å². The van der Waals surface area contributed by atoms with Crippen molar-refractivity contribution < 1.29 is 14.3 Å². The quantitative estimate of drug-likeness (QED) is 0.534. The Bertz CT molecular complexity index is 835. The van der Waals surface area contributed by atoms with Gasteiger partial charge in [-0.2, -0.15) is 0 Å². The molecule has 8 heteroatoms. The van der Waals surface area contributed by atoms with Crippen molar-refractivity contribution in [3.63, 3.8) is 0 Å². The molecule has 1 atom stereocenters. The number of ether oxygens (including phenoxy) is 1. The van der Waals surface area contributed by atoms with Gasteiger partial charge in [0.1, 0.15) is 11.3 Å². The fraction of sp³-hybridized carbons (Fsp3) is 0.381. The molecule has 0 saturated heterocycles. The molecule has 0 radical (unpaired) electrons. The van der Waals surface area contributed by atoms with Crippen LogP contribution in [0.5, 0.6) is 0 Å². The van der Waals surface area contributed by atoms with E-state index in [9.17, 15) is 9.59 Å². The molecule has 3 N–H and O–H groups in total. The van der Waals surface area contributed by atoms with Crippen molar-refractivity contribution in [2.45, 2.75) is 39.3 Å². The van der Waals surface area contributed by atoms with Crippen LogP contribution in [0.15, 0.2) is 47.1 Å². The second kappa shape index (κ2) is 10.2. The number of halogens is 1. The topological polar surface area (TPSA) is 92.4 Å². The van der Waals surface area contributed by atoms with Crippen LogP contribution < -0.4 is 16.0 Å². The van der Waals surface area contributed by atoms with Gasteiger partial charge in [0.05, 0.1) is 6.04 Å². The molecule has 2 rings (SSSR count). The van der Waals surface area contributed by atoms with Gasteiger partial charge in [0.2, 0.25) is 0 Å². The Morgan fingerprint density at radius 1 is 1.14 bits per heavy atom. The summed E-state index contributed by atoms with van der Waals surface area (Å²) >= 11 is 3.40. The number of hydrogen-bond donors (Lipinski definition) is 3. The minimum Gasteiger partial charge on any atom is -0.444 e. The lowest BCUT2D eigenvalue weighted by molar-refractivity contribution is 0.0530. The van der Waals surface area contributed by atoms with Gasteiger partial charge in [-0.05, 0) is 57.5 Å². The highest BCUT2D eigenvalue weighted by atomic mass is 79.9. The summed E-state index contributed by atoms with van der Waals surface area (Å²) in [6.07, 6.45) is 1.11. The second-order valence-electron chi connectivity index (χ2n) is 7.53. The Morgan fingerprint density at radius 2 is 1.83 bits per heavy atom. The van der Waals surface area contributed by atoms with E-state index in [0.717, 1.165) is 15.7 Å². The summed E-state index contributed by atoms with van der Waals surface area (Å²) in [5, 5.41) is 8.77. The zero-order chi connectivity index (χ0) is 21.4. The maximum absolute atomic E-state index is 12.5. The highest BCUT2D eigenvalue weighted by molar-refractivity contribution is 9.10. The zero-order valence-corrected chi connectivity index (χ0v) is 18.7. The number of benzene rings is 1. The molecule has 7 nitrogen and oxygen atoms in total. The molecule has 0 aliphatic heterocycles. The summed E-state index contributed by atoms with van der Waals surface area (Å²) in [6, 6.07) is 11.1. The number of nitrogens with zero attached hydrogens (tertiary/aromatic N) is 1. The molecule has 0 bridgehead atoms. The van der Waals surface area contributed by atoms with E-state index in [1.807, 2.05) is 52.0 Å². The van der Waals surface area contributed by atoms with E-state index in [0.29, 0.717) is 18.8 Å². The maximum atomic E-state index is 12.5. The molecule has 1 heterocycles. The highest BCUT2D eigenvalue weighted by Crippen LogP contribution is 2.17. The first-order valence-electron chi connectivity index (χ1n) is 9.37. The first kappa shape index (κ1) is 22.7. The average molecular weight is 463 g/mol. The van der Waals surface area contributed by atoms with Crippen molar-refractivity contribution >= 4 is 33.6 Å². The molecule has 0 aliphatic rings. The predicted octanol–water partition coefficient (Wildman–Crippen LogP) is 4.27. The lowest BCUT2D eigenvalue weighted by Gasteiger charge is -2.19. The molecule has 0 unspecified atom stereocenters. The first-order valence-corrected chi connectivity index (χ1v) is 10.2. The van der Waals surface area contributed by atoms with Crippen LogP contribution in [-0.2, 0) is 4.74 Å². The van der Waals surface area contributed by atoms with Crippen molar-refractivity contribution in [2.24, 2.45) is 0 Å². The van der Waals surface area contributed by atoms with Crippen LogP contribution in [-0.4, -0.2) is 35.7 Å². The van der Waals surface area contributed by atoms with E-state index in [1.54, 1.807) is 18.3 Å². The minimum atomic E-state index is -0.530. The standard InChI is InChI=1S/C21H27BrN4O3/c1-14(15-5-7-16(22)8-6-15)26-19(27)18-13-17(9-10-24-18)23-11-12-25-20(28)29-21(2,3)4/h5-10,13-14H,11-12H2,1-4H3,(H,23,24)(H,25,28)(H,26,27)/t14-/m1/s1. The van der Waals surface area contributed by atoms with E-state index in [4.69, 9.17) is 4.74 Å². The lowest BCUT2D eigenvalue weighted by atomic mass is 10.1. The molecule has 29 heavy (non-hydrogen) atoms. The number of nitrogens with one attached hydrogen (secondary N) is 3. The van der Waals surface area contributed by atoms with Crippen molar-refractivity contribution in [1.29, 1.82) is 0 Å². The van der Waals surface area contributed by atoms with Crippen LogP contribution in [0.25, 0.3) is 0 Å². The smallest absolute Gasteiger partial charge is 0.407 e. The molecule has 1 aromatic carbocycles. The van der Waals surface area contributed by atoms with Crippen LogP contribution in [0.2, 0.25) is 0 Å². The number of aromatic nitrogens is 1. The van der Waals surface area contributed by atoms with E-state index in [-0.39, 0.29) is 11.9 Å². The third-order valence-electron chi connectivity index (χ3n) is 3.83. The lowest BCUT2D eigenvalue weighted by Crippen LogP contribution is -2.35. The second-order valence-corrected chi connectivity index (χ2v) is 8.45. The number of pyridine rings is 1. The van der Waals surface area contributed by atoms with Gasteiger partial charge in [-0.3, -0.25) is 9.78 Å². The van der Waals surface area contributed by atoms with E-state index < -0.39 is 11.7 Å². The number of anilines is 1. The third kappa shape index (κ3) is 8.11. The van der Waals surface area contributed by atoms with Crippen LogP contribution in [0.4, 0.5) is 10.5 Å². The molecule has 156 valence electrons. The van der Waals surface area contributed by atoms with Gasteiger partial charge in [0.15, 0.2) is 0 Å². The fourth-order valence-electron chi connectivity index (χ4n) is 2.46. The Labute approximate surface area is 179 Å². The van der Waals surface area contributed by atoms with Crippen molar-refractivity contribution in [2.75, 3.05) is 18.4 Å². The molecule has 2 aromatic rings. The van der Waals surface area contributed by atoms with Gasteiger partial charge in [-0.1, -0.05) is 28.1 Å². The fourth-order valence-corrected chi connectivity index (χ4v) is 2.72. The molecule has 0 aliphatic carbocycles. The summed E-state index contributed by atoms with van der Waals surface area (Å²) in [7, 11) is 0. The molecule has 0 saturated carbocycles. The molecule has 1 aromatic heterocycles. The molecule has 0 fully saturated rings. The summed E-state index contributed by atoms with van der Waals surface area (Å²) < 4.78 is 6.16. The van der Waals surface area contributed by atoms with E-state index in [2.05, 4.69) is 36.9 Å². The SMILES string of the molecule is C[C@@H](NC(=O)c1cc(NCCNC(=O)OC(C)(C)C)ccn1)c1ccc(Br)cc1. The average Bonchev–Trinajstić information content (AvgIpc) is 2.64. The molecule has 2 amide bonds. The number of carbonyl (C=O) groups excluding carboxylic acids is 2. The van der Waals surface area contributed by atoms with Crippen LogP contribution in [0.3, 0.4) is 0 Å². The number of amides is 2. The van der Waals surface area contributed by atoms with Crippen LogP contribution in [0, 0.1) is 0 Å². The zero-order valence-electron chi connectivity index (χ0n) is 17.1. The molecular formula is C21H27BrN4O3. The molecule has 0 spiro atoms. The summed E-state index contributed by atoms with van der Waals surface area (Å²) in [4.78, 5) is 28.3.